The van der Waals surface area contributed by atoms with Crippen LogP contribution in [-0.4, -0.2) is 19.3 Å². The number of rotatable bonds is 3. The second-order valence-electron chi connectivity index (χ2n) is 6.13. The molecular formula is C17H24Br2O2. The van der Waals surface area contributed by atoms with Crippen LogP contribution in [0, 0.1) is 25.7 Å². The molecule has 118 valence electrons. The van der Waals surface area contributed by atoms with Crippen molar-refractivity contribution in [3.63, 3.8) is 0 Å². The van der Waals surface area contributed by atoms with Gasteiger partial charge in [0.15, 0.2) is 0 Å². The van der Waals surface area contributed by atoms with E-state index in [1.165, 1.54) is 11.1 Å². The van der Waals surface area contributed by atoms with Gasteiger partial charge >= 0.3 is 0 Å². The highest BCUT2D eigenvalue weighted by molar-refractivity contribution is 9.10. The first-order valence-corrected chi connectivity index (χ1v) is 9.13. The maximum absolute atomic E-state index is 6.02. The Labute approximate surface area is 144 Å². The molecule has 1 saturated heterocycles. The maximum Gasteiger partial charge on any atom is 0.126 e. The Morgan fingerprint density at radius 3 is 2.29 bits per heavy atom. The van der Waals surface area contributed by atoms with Crippen molar-refractivity contribution in [2.45, 2.75) is 51.7 Å². The molecular weight excluding hydrogens is 396 g/mol. The van der Waals surface area contributed by atoms with Crippen molar-refractivity contribution in [2.24, 2.45) is 11.8 Å². The number of benzene rings is 1. The van der Waals surface area contributed by atoms with Crippen LogP contribution in [0.15, 0.2) is 10.5 Å². The summed E-state index contributed by atoms with van der Waals surface area (Å²) >= 11 is 7.62. The quantitative estimate of drug-likeness (QED) is 0.596. The van der Waals surface area contributed by atoms with Gasteiger partial charge in [0.2, 0.25) is 0 Å². The van der Waals surface area contributed by atoms with Crippen LogP contribution >= 0.6 is 31.9 Å². The van der Waals surface area contributed by atoms with Gasteiger partial charge in [-0.15, -0.1) is 0 Å². The van der Waals surface area contributed by atoms with Gasteiger partial charge in [-0.1, -0.05) is 38.8 Å². The minimum atomic E-state index is 0.221. The highest BCUT2D eigenvalue weighted by atomic mass is 79.9. The van der Waals surface area contributed by atoms with E-state index in [1.807, 2.05) is 0 Å². The summed E-state index contributed by atoms with van der Waals surface area (Å²) in [6.07, 6.45) is 0.535. The average Bonchev–Trinajstić information content (AvgIpc) is 2.66. The van der Waals surface area contributed by atoms with E-state index < -0.39 is 0 Å². The fourth-order valence-electron chi connectivity index (χ4n) is 3.47. The Bertz CT molecular complexity index is 530. The minimum absolute atomic E-state index is 0.221. The Balaban J connectivity index is 2.50. The molecule has 1 heterocycles. The third-order valence-electron chi connectivity index (χ3n) is 4.84. The molecule has 2 nitrogen and oxygen atoms in total. The maximum atomic E-state index is 6.02. The Morgan fingerprint density at radius 2 is 1.81 bits per heavy atom. The van der Waals surface area contributed by atoms with Gasteiger partial charge in [-0.25, -0.2) is 0 Å². The van der Waals surface area contributed by atoms with Crippen LogP contribution in [0.3, 0.4) is 0 Å². The SMILES string of the molecule is COc1c(C)cc(Br)c(C)c1C(Br)C1C(C)OC(C)C1C. The van der Waals surface area contributed by atoms with Crippen LogP contribution in [0.5, 0.6) is 5.75 Å². The molecule has 0 aliphatic carbocycles. The zero-order valence-electron chi connectivity index (χ0n) is 13.5. The topological polar surface area (TPSA) is 18.5 Å². The number of hydrogen-bond acceptors (Lipinski definition) is 2. The molecule has 1 aromatic carbocycles. The Hall–Kier alpha value is -0.0600. The average molecular weight is 420 g/mol. The van der Waals surface area contributed by atoms with Gasteiger partial charge in [-0.05, 0) is 50.8 Å². The van der Waals surface area contributed by atoms with Crippen LogP contribution in [0.2, 0.25) is 0 Å². The van der Waals surface area contributed by atoms with Crippen molar-refractivity contribution < 1.29 is 9.47 Å². The predicted molar refractivity (Wildman–Crippen MR) is 94.5 cm³/mol. The molecule has 0 amide bonds. The van der Waals surface area contributed by atoms with E-state index >= 15 is 0 Å². The van der Waals surface area contributed by atoms with Crippen molar-refractivity contribution in [1.82, 2.24) is 0 Å². The highest BCUT2D eigenvalue weighted by Crippen LogP contribution is 2.49. The third-order valence-corrected chi connectivity index (χ3v) is 6.74. The molecule has 0 spiro atoms. The molecule has 2 rings (SSSR count). The van der Waals surface area contributed by atoms with Crippen molar-refractivity contribution in [3.8, 4) is 5.75 Å². The second kappa shape index (κ2) is 6.59. The first-order chi connectivity index (χ1) is 9.79. The van der Waals surface area contributed by atoms with Crippen LogP contribution in [0.1, 0.15) is 42.3 Å². The molecule has 1 fully saturated rings. The van der Waals surface area contributed by atoms with E-state index in [1.54, 1.807) is 7.11 Å². The highest BCUT2D eigenvalue weighted by Gasteiger charge is 2.42. The molecule has 4 heteroatoms. The van der Waals surface area contributed by atoms with Gasteiger partial charge < -0.3 is 9.47 Å². The van der Waals surface area contributed by atoms with Crippen LogP contribution in [-0.2, 0) is 4.74 Å². The third kappa shape index (κ3) is 3.04. The summed E-state index contributed by atoms with van der Waals surface area (Å²) in [6, 6.07) is 2.12. The summed E-state index contributed by atoms with van der Waals surface area (Å²) in [5.74, 6) is 1.92. The molecule has 1 aliphatic heterocycles. The van der Waals surface area contributed by atoms with Crippen molar-refractivity contribution in [2.75, 3.05) is 7.11 Å². The Morgan fingerprint density at radius 1 is 1.19 bits per heavy atom. The van der Waals surface area contributed by atoms with Gasteiger partial charge in [0, 0.05) is 20.8 Å². The van der Waals surface area contributed by atoms with E-state index in [9.17, 15) is 0 Å². The lowest BCUT2D eigenvalue weighted by Gasteiger charge is -2.28. The standard InChI is InChI=1S/C17H24Br2O2/c1-8-7-13(18)10(3)15(17(8)20-6)16(19)14-9(2)11(4)21-12(14)5/h7,9,11-12,14,16H,1-6H3. The summed E-state index contributed by atoms with van der Waals surface area (Å²) in [5.41, 5.74) is 3.63. The Kier molecular flexibility index (Phi) is 5.43. The van der Waals surface area contributed by atoms with Crippen LogP contribution < -0.4 is 4.74 Å². The number of aryl methyl sites for hydroxylation is 1. The molecule has 5 atom stereocenters. The van der Waals surface area contributed by atoms with E-state index in [0.717, 1.165) is 15.8 Å². The monoisotopic (exact) mass is 418 g/mol. The summed E-state index contributed by atoms with van der Waals surface area (Å²) in [6.45, 7) is 10.8. The fourth-order valence-corrected chi connectivity index (χ4v) is 5.49. The molecule has 0 radical (unpaired) electrons. The van der Waals surface area contributed by atoms with E-state index in [0.29, 0.717) is 17.9 Å². The number of ether oxygens (including phenoxy) is 2. The fraction of sp³-hybridized carbons (Fsp3) is 0.647. The molecule has 5 unspecified atom stereocenters. The summed E-state index contributed by atoms with van der Waals surface area (Å²) < 4.78 is 12.9. The van der Waals surface area contributed by atoms with E-state index in [-0.39, 0.29) is 10.9 Å². The van der Waals surface area contributed by atoms with Crippen LogP contribution in [0.4, 0.5) is 0 Å². The van der Waals surface area contributed by atoms with Crippen molar-refractivity contribution in [1.29, 1.82) is 0 Å². The zero-order chi connectivity index (χ0) is 15.9. The smallest absolute Gasteiger partial charge is 0.126 e. The van der Waals surface area contributed by atoms with Gasteiger partial charge in [0.05, 0.1) is 19.3 Å². The largest absolute Gasteiger partial charge is 0.496 e. The first-order valence-electron chi connectivity index (χ1n) is 7.42. The molecule has 21 heavy (non-hydrogen) atoms. The number of hydrogen-bond donors (Lipinski definition) is 0. The van der Waals surface area contributed by atoms with Gasteiger partial charge in [-0.3, -0.25) is 0 Å². The van der Waals surface area contributed by atoms with Crippen LogP contribution in [0.25, 0.3) is 0 Å². The lowest BCUT2D eigenvalue weighted by atomic mass is 9.82. The molecule has 0 aromatic heterocycles. The van der Waals surface area contributed by atoms with Gasteiger partial charge in [0.1, 0.15) is 5.75 Å². The second-order valence-corrected chi connectivity index (χ2v) is 7.97. The first kappa shape index (κ1) is 17.3. The summed E-state index contributed by atoms with van der Waals surface area (Å²) in [4.78, 5) is 0.221. The summed E-state index contributed by atoms with van der Waals surface area (Å²) in [5, 5.41) is 0. The minimum Gasteiger partial charge on any atom is -0.496 e. The van der Waals surface area contributed by atoms with Gasteiger partial charge in [-0.2, -0.15) is 0 Å². The van der Waals surface area contributed by atoms with E-state index in [2.05, 4.69) is 72.5 Å². The predicted octanol–water partition coefficient (Wildman–Crippen LogP) is 5.57. The lowest BCUT2D eigenvalue weighted by Crippen LogP contribution is -2.23. The number of methoxy groups -OCH3 is 1. The number of alkyl halides is 1. The summed E-state index contributed by atoms with van der Waals surface area (Å²) in [7, 11) is 1.75. The van der Waals surface area contributed by atoms with Gasteiger partial charge in [0.25, 0.3) is 0 Å². The zero-order valence-corrected chi connectivity index (χ0v) is 16.7. The molecule has 1 aromatic rings. The lowest BCUT2D eigenvalue weighted by molar-refractivity contribution is 0.0510. The molecule has 0 N–H and O–H groups in total. The molecule has 0 saturated carbocycles. The van der Waals surface area contributed by atoms with Crippen molar-refractivity contribution >= 4 is 31.9 Å². The normalized spacial score (nSPS) is 30.5. The number of halogens is 2. The van der Waals surface area contributed by atoms with E-state index in [4.69, 9.17) is 9.47 Å². The molecule has 1 aliphatic rings. The molecule has 0 bridgehead atoms. The van der Waals surface area contributed by atoms with Crippen molar-refractivity contribution in [3.05, 3.63) is 27.2 Å².